The number of rotatable bonds is 5. The number of nitrogens with zero attached hydrogens (tertiary/aromatic N) is 1. The van der Waals surface area contributed by atoms with Crippen molar-refractivity contribution in [3.63, 3.8) is 0 Å². The zero-order valence-corrected chi connectivity index (χ0v) is 12.3. The number of hydrogen-bond donors (Lipinski definition) is 1. The number of likely N-dealkylation sites (N-methyl/N-ethyl adjacent to an activating group) is 1. The monoisotopic (exact) mass is 280 g/mol. The predicted molar refractivity (Wildman–Crippen MR) is 86.2 cm³/mol. The van der Waals surface area contributed by atoms with Crippen molar-refractivity contribution >= 4 is 11.6 Å². The number of anilines is 1. The van der Waals surface area contributed by atoms with Crippen LogP contribution in [0.15, 0.2) is 54.6 Å². The lowest BCUT2D eigenvalue weighted by atomic mass is 10.1. The average molecular weight is 280 g/mol. The first-order chi connectivity index (χ1) is 10.2. The fraction of sp³-hybridized carbons (Fsp3) is 0.278. The maximum Gasteiger partial charge on any atom is 0.241 e. The second-order valence-electron chi connectivity index (χ2n) is 5.53. The molecule has 21 heavy (non-hydrogen) atoms. The summed E-state index contributed by atoms with van der Waals surface area (Å²) in [5.74, 6) is 0.157. The minimum Gasteiger partial charge on any atom is -0.376 e. The number of carbonyl (C=O) groups excluding carboxylic acids is 1. The van der Waals surface area contributed by atoms with E-state index in [1.54, 1.807) is 0 Å². The van der Waals surface area contributed by atoms with E-state index in [2.05, 4.69) is 29.6 Å². The van der Waals surface area contributed by atoms with Gasteiger partial charge in [0.05, 0.1) is 6.54 Å². The Morgan fingerprint density at radius 2 is 1.67 bits per heavy atom. The Bertz CT molecular complexity index is 603. The molecule has 0 bridgehead atoms. The summed E-state index contributed by atoms with van der Waals surface area (Å²) in [7, 11) is 1.89. The lowest BCUT2D eigenvalue weighted by Gasteiger charge is -2.17. The van der Waals surface area contributed by atoms with Gasteiger partial charge in [-0.2, -0.15) is 0 Å². The smallest absolute Gasteiger partial charge is 0.241 e. The average Bonchev–Trinajstić information content (AvgIpc) is 3.38. The van der Waals surface area contributed by atoms with Crippen molar-refractivity contribution in [1.82, 2.24) is 4.90 Å². The van der Waals surface area contributed by atoms with Crippen LogP contribution >= 0.6 is 0 Å². The van der Waals surface area contributed by atoms with E-state index in [1.165, 1.54) is 11.1 Å². The van der Waals surface area contributed by atoms with Crippen molar-refractivity contribution < 1.29 is 4.79 Å². The van der Waals surface area contributed by atoms with Crippen LogP contribution in [0, 0.1) is 0 Å². The van der Waals surface area contributed by atoms with E-state index in [-0.39, 0.29) is 5.91 Å². The Kier molecular flexibility index (Phi) is 3.91. The SMILES string of the molecule is CN(C(=O)CNc1ccc(-c2ccccc2)cc1)C1CC1. The van der Waals surface area contributed by atoms with Crippen LogP contribution in [0.2, 0.25) is 0 Å². The molecule has 1 aliphatic carbocycles. The van der Waals surface area contributed by atoms with Gasteiger partial charge < -0.3 is 10.2 Å². The highest BCUT2D eigenvalue weighted by Crippen LogP contribution is 2.25. The summed E-state index contributed by atoms with van der Waals surface area (Å²) in [4.78, 5) is 13.8. The standard InChI is InChI=1S/C18H20N2O/c1-20(17-11-12-17)18(21)13-19-16-9-7-15(8-10-16)14-5-3-2-4-6-14/h2-10,17,19H,11-13H2,1H3. The van der Waals surface area contributed by atoms with Gasteiger partial charge in [-0.15, -0.1) is 0 Å². The zero-order valence-electron chi connectivity index (χ0n) is 12.3. The van der Waals surface area contributed by atoms with Gasteiger partial charge in [-0.1, -0.05) is 42.5 Å². The molecule has 3 rings (SSSR count). The first-order valence-corrected chi connectivity index (χ1v) is 7.39. The Morgan fingerprint density at radius 1 is 1.05 bits per heavy atom. The normalized spacial score (nSPS) is 13.8. The molecular formula is C18H20N2O. The molecule has 2 aromatic rings. The van der Waals surface area contributed by atoms with Crippen LogP contribution in [0.4, 0.5) is 5.69 Å². The summed E-state index contributed by atoms with van der Waals surface area (Å²) in [6.07, 6.45) is 2.29. The molecule has 3 nitrogen and oxygen atoms in total. The van der Waals surface area contributed by atoms with E-state index in [9.17, 15) is 4.79 Å². The van der Waals surface area contributed by atoms with E-state index < -0.39 is 0 Å². The van der Waals surface area contributed by atoms with Crippen molar-refractivity contribution in [2.24, 2.45) is 0 Å². The summed E-state index contributed by atoms with van der Waals surface area (Å²) in [5.41, 5.74) is 3.36. The molecule has 1 aliphatic rings. The van der Waals surface area contributed by atoms with E-state index in [4.69, 9.17) is 0 Å². The number of amides is 1. The molecule has 0 radical (unpaired) electrons. The molecule has 0 heterocycles. The number of nitrogens with one attached hydrogen (secondary N) is 1. The quantitative estimate of drug-likeness (QED) is 0.910. The molecule has 0 atom stereocenters. The highest BCUT2D eigenvalue weighted by molar-refractivity contribution is 5.81. The molecule has 2 aromatic carbocycles. The summed E-state index contributed by atoms with van der Waals surface area (Å²) in [6, 6.07) is 18.9. The lowest BCUT2D eigenvalue weighted by molar-refractivity contribution is -0.128. The lowest BCUT2D eigenvalue weighted by Crippen LogP contribution is -2.33. The molecule has 1 saturated carbocycles. The van der Waals surface area contributed by atoms with Crippen molar-refractivity contribution in [2.75, 3.05) is 18.9 Å². The molecule has 1 fully saturated rings. The highest BCUT2D eigenvalue weighted by Gasteiger charge is 2.29. The molecule has 0 saturated heterocycles. The Morgan fingerprint density at radius 3 is 2.29 bits per heavy atom. The van der Waals surface area contributed by atoms with E-state index in [1.807, 2.05) is 42.3 Å². The topological polar surface area (TPSA) is 32.3 Å². The Balaban J connectivity index is 1.58. The van der Waals surface area contributed by atoms with Gasteiger partial charge >= 0.3 is 0 Å². The predicted octanol–water partition coefficient (Wildman–Crippen LogP) is 3.39. The molecule has 0 aliphatic heterocycles. The van der Waals surface area contributed by atoms with Crippen molar-refractivity contribution in [2.45, 2.75) is 18.9 Å². The minimum absolute atomic E-state index is 0.157. The van der Waals surface area contributed by atoms with Gasteiger partial charge in [-0.05, 0) is 36.1 Å². The van der Waals surface area contributed by atoms with Crippen molar-refractivity contribution in [3.05, 3.63) is 54.6 Å². The van der Waals surface area contributed by atoms with Gasteiger partial charge in [-0.25, -0.2) is 0 Å². The van der Waals surface area contributed by atoms with Gasteiger partial charge in [0.2, 0.25) is 5.91 Å². The summed E-state index contributed by atoms with van der Waals surface area (Å²) in [5, 5.41) is 3.20. The second-order valence-corrected chi connectivity index (χ2v) is 5.53. The third-order valence-electron chi connectivity index (χ3n) is 3.92. The summed E-state index contributed by atoms with van der Waals surface area (Å²) < 4.78 is 0. The third-order valence-corrected chi connectivity index (χ3v) is 3.92. The fourth-order valence-electron chi connectivity index (χ4n) is 2.38. The van der Waals surface area contributed by atoms with Crippen LogP contribution in [-0.2, 0) is 4.79 Å². The maximum absolute atomic E-state index is 11.9. The molecule has 108 valence electrons. The van der Waals surface area contributed by atoms with Gasteiger partial charge in [0.15, 0.2) is 0 Å². The minimum atomic E-state index is 0.157. The van der Waals surface area contributed by atoms with Crippen LogP contribution in [0.3, 0.4) is 0 Å². The summed E-state index contributed by atoms with van der Waals surface area (Å²) >= 11 is 0. The fourth-order valence-corrected chi connectivity index (χ4v) is 2.38. The summed E-state index contributed by atoms with van der Waals surface area (Å²) in [6.45, 7) is 0.359. The molecule has 1 N–H and O–H groups in total. The van der Waals surface area contributed by atoms with Crippen LogP contribution < -0.4 is 5.32 Å². The third kappa shape index (κ3) is 3.43. The molecule has 0 unspecified atom stereocenters. The number of benzene rings is 2. The second kappa shape index (κ2) is 6.00. The van der Waals surface area contributed by atoms with E-state index in [0.717, 1.165) is 18.5 Å². The van der Waals surface area contributed by atoms with Crippen LogP contribution in [0.1, 0.15) is 12.8 Å². The van der Waals surface area contributed by atoms with Gasteiger partial charge in [0, 0.05) is 18.8 Å². The van der Waals surface area contributed by atoms with Crippen LogP contribution in [0.25, 0.3) is 11.1 Å². The first kappa shape index (κ1) is 13.7. The van der Waals surface area contributed by atoms with Gasteiger partial charge in [0.25, 0.3) is 0 Å². The largest absolute Gasteiger partial charge is 0.376 e. The van der Waals surface area contributed by atoms with E-state index in [0.29, 0.717) is 12.6 Å². The number of hydrogen-bond acceptors (Lipinski definition) is 2. The zero-order chi connectivity index (χ0) is 14.7. The molecular weight excluding hydrogens is 260 g/mol. The molecule has 3 heteroatoms. The Hall–Kier alpha value is -2.29. The molecule has 0 aromatic heterocycles. The highest BCUT2D eigenvalue weighted by atomic mass is 16.2. The van der Waals surface area contributed by atoms with Gasteiger partial charge in [0.1, 0.15) is 0 Å². The van der Waals surface area contributed by atoms with Crippen LogP contribution in [-0.4, -0.2) is 30.4 Å². The first-order valence-electron chi connectivity index (χ1n) is 7.39. The Labute approximate surface area is 125 Å². The van der Waals surface area contributed by atoms with Gasteiger partial charge in [-0.3, -0.25) is 4.79 Å². The molecule has 1 amide bonds. The number of carbonyl (C=O) groups is 1. The molecule has 0 spiro atoms. The van der Waals surface area contributed by atoms with E-state index >= 15 is 0 Å². The van der Waals surface area contributed by atoms with Crippen molar-refractivity contribution in [3.8, 4) is 11.1 Å². The van der Waals surface area contributed by atoms with Crippen molar-refractivity contribution in [1.29, 1.82) is 0 Å². The van der Waals surface area contributed by atoms with Crippen LogP contribution in [0.5, 0.6) is 0 Å². The maximum atomic E-state index is 11.9.